The highest BCUT2D eigenvalue weighted by Gasteiger charge is 2.83. The van der Waals surface area contributed by atoms with E-state index < -0.39 is 0 Å². The van der Waals surface area contributed by atoms with Crippen LogP contribution in [-0.2, 0) is 0 Å². The molecule has 5 fully saturated rings. The normalized spacial score (nSPS) is 85.4. The van der Waals surface area contributed by atoms with Gasteiger partial charge in [0.15, 0.2) is 0 Å². The standard InChI is InChI=1S/C11H14O2/c12-10-6-2-1-3-5-4(2)8(10)9(5)11(13)7(3)6/h2-13H,1H2/t2-,3+,4-,5-,6-,7-,8+,9+,10+,11-/m1/s1. The topological polar surface area (TPSA) is 40.5 Å². The van der Waals surface area contributed by atoms with Crippen LogP contribution >= 0.6 is 0 Å². The minimum atomic E-state index is -0.0304. The van der Waals surface area contributed by atoms with Gasteiger partial charge in [-0.25, -0.2) is 0 Å². The predicted molar refractivity (Wildman–Crippen MR) is 44.6 cm³/mol. The first-order valence-corrected chi connectivity index (χ1v) is 5.67. The third-order valence-electron chi connectivity index (χ3n) is 6.32. The van der Waals surface area contributed by atoms with Gasteiger partial charge in [-0.15, -0.1) is 0 Å². The molecular weight excluding hydrogens is 164 g/mol. The zero-order valence-corrected chi connectivity index (χ0v) is 7.38. The lowest BCUT2D eigenvalue weighted by Crippen LogP contribution is -2.51. The number of hydrogen-bond donors (Lipinski definition) is 2. The van der Waals surface area contributed by atoms with Crippen LogP contribution in [0.2, 0.25) is 0 Å². The van der Waals surface area contributed by atoms with Crippen molar-refractivity contribution in [3.05, 3.63) is 0 Å². The minimum absolute atomic E-state index is 0.0304. The molecule has 0 amide bonds. The fourth-order valence-corrected chi connectivity index (χ4v) is 6.44. The summed E-state index contributed by atoms with van der Waals surface area (Å²) in [6.07, 6.45) is 1.28. The van der Waals surface area contributed by atoms with Gasteiger partial charge in [0.1, 0.15) is 0 Å². The van der Waals surface area contributed by atoms with Crippen LogP contribution in [-0.4, -0.2) is 22.4 Å². The van der Waals surface area contributed by atoms with E-state index in [0.717, 1.165) is 23.7 Å². The Hall–Kier alpha value is -0.0800. The summed E-state index contributed by atoms with van der Waals surface area (Å²) in [7, 11) is 0. The lowest BCUT2D eigenvalue weighted by Gasteiger charge is -2.47. The Morgan fingerprint density at radius 3 is 1.54 bits per heavy atom. The van der Waals surface area contributed by atoms with Gasteiger partial charge in [0, 0.05) is 0 Å². The smallest absolute Gasteiger partial charge is 0.0609 e. The fraction of sp³-hybridized carbons (Fsp3) is 1.00. The summed E-state index contributed by atoms with van der Waals surface area (Å²) in [5.41, 5.74) is 0. The maximum absolute atomic E-state index is 10.1. The Kier molecular flexibility index (Phi) is 0.733. The molecule has 13 heavy (non-hydrogen) atoms. The van der Waals surface area contributed by atoms with E-state index >= 15 is 0 Å². The van der Waals surface area contributed by atoms with Crippen LogP contribution in [0.3, 0.4) is 0 Å². The third-order valence-corrected chi connectivity index (χ3v) is 6.32. The largest absolute Gasteiger partial charge is 0.393 e. The molecule has 0 aliphatic heterocycles. The quantitative estimate of drug-likeness (QED) is 0.552. The van der Waals surface area contributed by atoms with Gasteiger partial charge < -0.3 is 10.2 Å². The minimum Gasteiger partial charge on any atom is -0.393 e. The highest BCUT2D eigenvalue weighted by Crippen LogP contribution is 2.82. The molecule has 5 aliphatic rings. The van der Waals surface area contributed by atoms with Crippen molar-refractivity contribution in [3.63, 3.8) is 0 Å². The van der Waals surface area contributed by atoms with E-state index in [1.165, 1.54) is 6.42 Å². The molecule has 0 aromatic rings. The molecule has 0 aromatic carbocycles. The lowest BCUT2D eigenvalue weighted by atomic mass is 9.58. The fourth-order valence-electron chi connectivity index (χ4n) is 6.44. The van der Waals surface area contributed by atoms with Gasteiger partial charge in [0.2, 0.25) is 0 Å². The molecule has 10 atom stereocenters. The van der Waals surface area contributed by atoms with Gasteiger partial charge in [0.25, 0.3) is 0 Å². The van der Waals surface area contributed by atoms with Crippen molar-refractivity contribution < 1.29 is 10.2 Å². The average molecular weight is 178 g/mol. The number of rotatable bonds is 0. The monoisotopic (exact) mass is 178 g/mol. The number of aliphatic hydroxyl groups excluding tert-OH is 2. The van der Waals surface area contributed by atoms with Gasteiger partial charge >= 0.3 is 0 Å². The molecule has 0 spiro atoms. The van der Waals surface area contributed by atoms with Gasteiger partial charge in [-0.1, -0.05) is 0 Å². The second kappa shape index (κ2) is 1.49. The van der Waals surface area contributed by atoms with Gasteiger partial charge in [0.05, 0.1) is 12.2 Å². The van der Waals surface area contributed by atoms with E-state index in [9.17, 15) is 10.2 Å². The summed E-state index contributed by atoms with van der Waals surface area (Å²) in [6.45, 7) is 0. The van der Waals surface area contributed by atoms with Crippen LogP contribution in [0.4, 0.5) is 0 Å². The SMILES string of the molecule is O[C@@H]1[C@@H]2[C@H]3[C@H](O)[C@@H]4[C@H]5C[C@H]([C@@H]2[C@@H]53)[C@@H]14. The molecule has 70 valence electrons. The summed E-state index contributed by atoms with van der Waals surface area (Å²) in [6, 6.07) is 0. The number of aliphatic hydroxyl groups is 2. The second-order valence-electron chi connectivity index (χ2n) is 6.01. The van der Waals surface area contributed by atoms with Crippen molar-refractivity contribution >= 4 is 0 Å². The molecule has 5 rings (SSSR count). The predicted octanol–water partition coefficient (Wildman–Crippen LogP) is 0.0959. The molecule has 2 bridgehead atoms. The van der Waals surface area contributed by atoms with Crippen LogP contribution < -0.4 is 0 Å². The summed E-state index contributed by atoms with van der Waals surface area (Å²) in [5, 5.41) is 20.2. The lowest BCUT2D eigenvalue weighted by molar-refractivity contribution is -0.109. The van der Waals surface area contributed by atoms with Crippen molar-refractivity contribution in [1.82, 2.24) is 0 Å². The van der Waals surface area contributed by atoms with E-state index in [1.54, 1.807) is 0 Å². The first-order chi connectivity index (χ1) is 6.30. The maximum Gasteiger partial charge on any atom is 0.0609 e. The zero-order chi connectivity index (χ0) is 8.48. The molecular formula is C11H14O2. The van der Waals surface area contributed by atoms with Crippen LogP contribution in [0.1, 0.15) is 6.42 Å². The van der Waals surface area contributed by atoms with E-state index in [1.807, 2.05) is 0 Å². The zero-order valence-electron chi connectivity index (χ0n) is 7.38. The van der Waals surface area contributed by atoms with E-state index in [2.05, 4.69) is 0 Å². The van der Waals surface area contributed by atoms with Crippen LogP contribution in [0, 0.1) is 47.3 Å². The number of hydrogen-bond acceptors (Lipinski definition) is 2. The van der Waals surface area contributed by atoms with Gasteiger partial charge in [-0.3, -0.25) is 0 Å². The van der Waals surface area contributed by atoms with Crippen LogP contribution in [0.5, 0.6) is 0 Å². The number of fused-ring (bicyclic) bond motifs is 2. The molecule has 2 nitrogen and oxygen atoms in total. The highest BCUT2D eigenvalue weighted by atomic mass is 16.3. The highest BCUT2D eigenvalue weighted by molar-refractivity contribution is 5.30. The molecule has 0 heterocycles. The van der Waals surface area contributed by atoms with Crippen molar-refractivity contribution in [3.8, 4) is 0 Å². The van der Waals surface area contributed by atoms with Gasteiger partial charge in [-0.2, -0.15) is 0 Å². The Labute approximate surface area is 76.9 Å². The first kappa shape index (κ1) is 6.41. The maximum atomic E-state index is 10.1. The van der Waals surface area contributed by atoms with Crippen LogP contribution in [0.15, 0.2) is 0 Å². The third kappa shape index (κ3) is 0.375. The summed E-state index contributed by atoms with van der Waals surface area (Å²) in [5.74, 6) is 5.33. The Bertz CT molecular complexity index is 281. The summed E-state index contributed by atoms with van der Waals surface area (Å²) in [4.78, 5) is 0. The second-order valence-corrected chi connectivity index (χ2v) is 6.01. The molecule has 2 heteroatoms. The van der Waals surface area contributed by atoms with Crippen molar-refractivity contribution in [2.75, 3.05) is 0 Å². The average Bonchev–Trinajstić information content (AvgIpc) is 2.52. The van der Waals surface area contributed by atoms with E-state index in [0.29, 0.717) is 23.7 Å². The Morgan fingerprint density at radius 2 is 1.08 bits per heavy atom. The van der Waals surface area contributed by atoms with Crippen LogP contribution in [0.25, 0.3) is 0 Å². The van der Waals surface area contributed by atoms with E-state index in [-0.39, 0.29) is 12.2 Å². The molecule has 0 unspecified atom stereocenters. The molecule has 0 aromatic heterocycles. The Balaban J connectivity index is 1.83. The van der Waals surface area contributed by atoms with E-state index in [4.69, 9.17) is 0 Å². The van der Waals surface area contributed by atoms with Crippen molar-refractivity contribution in [1.29, 1.82) is 0 Å². The molecule has 5 saturated carbocycles. The summed E-state index contributed by atoms with van der Waals surface area (Å²) < 4.78 is 0. The van der Waals surface area contributed by atoms with Gasteiger partial charge in [-0.05, 0) is 53.8 Å². The van der Waals surface area contributed by atoms with Crippen molar-refractivity contribution in [2.45, 2.75) is 18.6 Å². The van der Waals surface area contributed by atoms with Crippen molar-refractivity contribution in [2.24, 2.45) is 47.3 Å². The summed E-state index contributed by atoms with van der Waals surface area (Å²) >= 11 is 0. The molecule has 5 aliphatic carbocycles. The Morgan fingerprint density at radius 1 is 0.615 bits per heavy atom. The molecule has 2 N–H and O–H groups in total. The molecule has 0 radical (unpaired) electrons. The molecule has 0 saturated heterocycles. The first-order valence-electron chi connectivity index (χ1n) is 5.67.